The van der Waals surface area contributed by atoms with Gasteiger partial charge in [0.2, 0.25) is 5.91 Å². The number of carbonyl (C=O) groups excluding carboxylic acids is 1. The smallest absolute Gasteiger partial charge is 0.226 e. The van der Waals surface area contributed by atoms with Gasteiger partial charge in [-0.2, -0.15) is 0 Å². The van der Waals surface area contributed by atoms with Gasteiger partial charge in [-0.15, -0.1) is 23.1 Å². The summed E-state index contributed by atoms with van der Waals surface area (Å²) in [6.07, 6.45) is 2.54. The van der Waals surface area contributed by atoms with E-state index in [9.17, 15) is 9.90 Å². The fourth-order valence-electron chi connectivity index (χ4n) is 6.90. The molecule has 1 aromatic carbocycles. The van der Waals surface area contributed by atoms with Crippen molar-refractivity contribution in [1.29, 1.82) is 0 Å². The summed E-state index contributed by atoms with van der Waals surface area (Å²) in [5, 5.41) is 12.9. The average molecular weight is 515 g/mol. The number of quaternary nitrogens is 1. The topological polar surface area (TPSA) is 57.9 Å². The van der Waals surface area contributed by atoms with Gasteiger partial charge in [0.25, 0.3) is 0 Å². The molecule has 1 aliphatic heterocycles. The number of aliphatic hydroxyl groups excluding tert-OH is 1. The molecule has 5 nitrogen and oxygen atoms in total. The van der Waals surface area contributed by atoms with Crippen molar-refractivity contribution in [2.45, 2.75) is 62.7 Å². The van der Waals surface area contributed by atoms with Gasteiger partial charge in [-0.3, -0.25) is 4.79 Å². The van der Waals surface area contributed by atoms with Crippen LogP contribution in [0.15, 0.2) is 35.2 Å². The summed E-state index contributed by atoms with van der Waals surface area (Å²) < 4.78 is 0. The number of nitrogens with one attached hydrogen (secondary N) is 1. The second-order valence-electron chi connectivity index (χ2n) is 11.4. The van der Waals surface area contributed by atoms with Gasteiger partial charge in [0.15, 0.2) is 0 Å². The molecule has 2 aromatic rings. The van der Waals surface area contributed by atoms with Gasteiger partial charge in [-0.25, -0.2) is 4.98 Å². The van der Waals surface area contributed by atoms with Crippen molar-refractivity contribution in [3.05, 3.63) is 45.9 Å². The summed E-state index contributed by atoms with van der Waals surface area (Å²) in [6, 6.07) is 10.5. The lowest BCUT2D eigenvalue weighted by Crippen LogP contribution is -3.12. The van der Waals surface area contributed by atoms with Crippen LogP contribution in [-0.2, 0) is 17.0 Å². The van der Waals surface area contributed by atoms with Gasteiger partial charge in [-0.1, -0.05) is 39.0 Å². The van der Waals surface area contributed by atoms with Crippen molar-refractivity contribution in [1.82, 2.24) is 9.88 Å². The largest absolute Gasteiger partial charge is 0.392 e. The fraction of sp³-hybridized carbons (Fsp3) is 0.643. The van der Waals surface area contributed by atoms with Crippen molar-refractivity contribution in [3.8, 4) is 0 Å². The number of fused-ring (bicyclic) bond motifs is 2. The van der Waals surface area contributed by atoms with Crippen LogP contribution in [0.1, 0.15) is 55.1 Å². The van der Waals surface area contributed by atoms with Gasteiger partial charge in [0, 0.05) is 21.6 Å². The Morgan fingerprint density at radius 3 is 2.74 bits per heavy atom. The molecule has 6 atom stereocenters. The number of aliphatic hydroxyl groups is 1. The lowest BCUT2D eigenvalue weighted by molar-refractivity contribution is -0.883. The van der Waals surface area contributed by atoms with E-state index in [-0.39, 0.29) is 35.0 Å². The first-order valence-corrected chi connectivity index (χ1v) is 15.0. The molecule has 1 aromatic heterocycles. The van der Waals surface area contributed by atoms with E-state index in [0.29, 0.717) is 0 Å². The van der Waals surface area contributed by atoms with Crippen LogP contribution in [0.2, 0.25) is 0 Å². The third-order valence-electron chi connectivity index (χ3n) is 9.03. The molecule has 1 amide bonds. The Hall–Kier alpha value is -1.41. The van der Waals surface area contributed by atoms with Crippen LogP contribution in [0, 0.1) is 23.2 Å². The Labute approximate surface area is 218 Å². The van der Waals surface area contributed by atoms with E-state index in [2.05, 4.69) is 58.2 Å². The molecule has 3 aliphatic rings. The second kappa shape index (κ2) is 10.2. The number of nitrogens with zero attached hydrogens (tertiary/aromatic N) is 2. The maximum atomic E-state index is 13.4. The summed E-state index contributed by atoms with van der Waals surface area (Å²) in [6.45, 7) is 10.4. The van der Waals surface area contributed by atoms with Crippen LogP contribution in [0.4, 0.5) is 0 Å². The first-order chi connectivity index (χ1) is 16.8. The molecular formula is C28H40N3O2S2+. The van der Waals surface area contributed by atoms with E-state index >= 15 is 0 Å². The average Bonchev–Trinajstić information content (AvgIpc) is 3.25. The number of aromatic nitrogens is 1. The van der Waals surface area contributed by atoms with Crippen molar-refractivity contribution in [2.24, 2.45) is 23.2 Å². The monoisotopic (exact) mass is 514 g/mol. The Morgan fingerprint density at radius 2 is 2.03 bits per heavy atom. The lowest BCUT2D eigenvalue weighted by atomic mass is 9.53. The van der Waals surface area contributed by atoms with Crippen LogP contribution in [0.3, 0.4) is 0 Å². The molecule has 0 radical (unpaired) electrons. The molecule has 2 fully saturated rings. The van der Waals surface area contributed by atoms with Crippen molar-refractivity contribution in [3.63, 3.8) is 0 Å². The standard InChI is InChI=1S/C28H39N3O2S2/c1-18(27(33)31-14-12-30(4)13-15-31)21-10-11-28(3)16-22-25(19(2)24(28)26(21)32)29-23(35-22)17-34-20-8-6-5-7-9-20/h5-9,18-19,21,24,26,32H,10-17H2,1-4H3/p+1/t18-,19-,21-,24+,26-,28-/m0/s1. The number of rotatable bonds is 5. The minimum atomic E-state index is -0.460. The zero-order valence-electron chi connectivity index (χ0n) is 21.5. The Balaban J connectivity index is 1.30. The predicted molar refractivity (Wildman–Crippen MR) is 143 cm³/mol. The number of carbonyl (C=O) groups is 1. The summed E-state index contributed by atoms with van der Waals surface area (Å²) in [5.41, 5.74) is 1.26. The van der Waals surface area contributed by atoms with Crippen molar-refractivity contribution >= 4 is 29.0 Å². The molecule has 1 saturated heterocycles. The van der Waals surface area contributed by atoms with Crippen molar-refractivity contribution in [2.75, 3.05) is 33.2 Å². The summed E-state index contributed by atoms with van der Waals surface area (Å²) in [4.78, 5) is 24.7. The summed E-state index contributed by atoms with van der Waals surface area (Å²) >= 11 is 3.71. The van der Waals surface area contributed by atoms with E-state index in [4.69, 9.17) is 4.98 Å². The lowest BCUT2D eigenvalue weighted by Gasteiger charge is -2.53. The van der Waals surface area contributed by atoms with Crippen LogP contribution < -0.4 is 4.90 Å². The number of thioether (sulfide) groups is 1. The first kappa shape index (κ1) is 25.2. The molecule has 1 saturated carbocycles. The quantitative estimate of drug-likeness (QED) is 0.600. The van der Waals surface area contributed by atoms with Gasteiger partial charge >= 0.3 is 0 Å². The van der Waals surface area contributed by atoms with E-state index in [1.165, 1.54) is 25.4 Å². The van der Waals surface area contributed by atoms with Crippen LogP contribution >= 0.6 is 23.1 Å². The zero-order chi connectivity index (χ0) is 24.7. The number of benzene rings is 1. The van der Waals surface area contributed by atoms with Crippen LogP contribution in [0.5, 0.6) is 0 Å². The van der Waals surface area contributed by atoms with E-state index < -0.39 is 6.10 Å². The summed E-state index contributed by atoms with van der Waals surface area (Å²) in [7, 11) is 2.19. The van der Waals surface area contributed by atoms with E-state index in [1.54, 1.807) is 0 Å². The van der Waals surface area contributed by atoms with Gasteiger partial charge in [-0.05, 0) is 48.6 Å². The predicted octanol–water partition coefficient (Wildman–Crippen LogP) is 3.48. The second-order valence-corrected chi connectivity index (χ2v) is 13.6. The number of piperazine rings is 1. The highest BCUT2D eigenvalue weighted by Crippen LogP contribution is 2.57. The third-order valence-corrected chi connectivity index (χ3v) is 11.3. The number of thiazole rings is 1. The molecule has 7 heteroatoms. The number of amides is 1. The zero-order valence-corrected chi connectivity index (χ0v) is 23.1. The molecule has 2 N–H and O–H groups in total. The Kier molecular flexibility index (Phi) is 7.33. The SMILES string of the molecule is C[C@H](C(=O)N1CC[NH+](C)CC1)[C@@H]1CC[C@@]2(C)Cc3sc(CSc4ccccc4)nc3[C@@H](C)[C@@H]2[C@H]1O. The van der Waals surface area contributed by atoms with Crippen molar-refractivity contribution < 1.29 is 14.8 Å². The van der Waals surface area contributed by atoms with E-state index in [1.807, 2.05) is 28.0 Å². The minimum absolute atomic E-state index is 0.0309. The Bertz CT molecular complexity index is 1040. The molecule has 5 rings (SSSR count). The Morgan fingerprint density at radius 1 is 1.31 bits per heavy atom. The van der Waals surface area contributed by atoms with Crippen LogP contribution in [0.25, 0.3) is 0 Å². The van der Waals surface area contributed by atoms with Gasteiger partial charge < -0.3 is 14.9 Å². The first-order valence-electron chi connectivity index (χ1n) is 13.2. The maximum Gasteiger partial charge on any atom is 0.226 e. The molecule has 2 aliphatic carbocycles. The molecule has 190 valence electrons. The molecule has 0 unspecified atom stereocenters. The minimum Gasteiger partial charge on any atom is -0.392 e. The maximum absolute atomic E-state index is 13.4. The van der Waals surface area contributed by atoms with Gasteiger partial charge in [0.1, 0.15) is 5.01 Å². The third kappa shape index (κ3) is 4.94. The van der Waals surface area contributed by atoms with Crippen LogP contribution in [-0.4, -0.2) is 60.2 Å². The fourth-order valence-corrected chi connectivity index (χ4v) is 9.18. The number of hydrogen-bond donors (Lipinski definition) is 2. The highest BCUT2D eigenvalue weighted by Gasteiger charge is 2.54. The molecular weight excluding hydrogens is 474 g/mol. The highest BCUT2D eigenvalue weighted by molar-refractivity contribution is 7.98. The molecule has 35 heavy (non-hydrogen) atoms. The van der Waals surface area contributed by atoms with Gasteiger partial charge in [0.05, 0.1) is 50.8 Å². The normalized spacial score (nSPS) is 32.1. The molecule has 0 bridgehead atoms. The summed E-state index contributed by atoms with van der Waals surface area (Å²) in [5.74, 6) is 1.39. The highest BCUT2D eigenvalue weighted by atomic mass is 32.2. The molecule has 0 spiro atoms. The molecule has 2 heterocycles. The number of hydrogen-bond acceptors (Lipinski definition) is 5. The van der Waals surface area contributed by atoms with E-state index in [0.717, 1.165) is 51.2 Å². The number of likely N-dealkylation sites (N-methyl/N-ethyl adjacent to an activating group) is 1.